The maximum absolute atomic E-state index is 12.8. The number of rotatable bonds is 4. The molecule has 0 aliphatic rings. The zero-order valence-electron chi connectivity index (χ0n) is 13.6. The SMILES string of the molecule is O=C(NCc1ccco1)c1cc(-c2cccnc2)nc2ccc(Br)cc12. The molecule has 26 heavy (non-hydrogen) atoms. The Morgan fingerprint density at radius 3 is 2.85 bits per heavy atom. The van der Waals surface area contributed by atoms with E-state index >= 15 is 0 Å². The number of aromatic nitrogens is 2. The molecule has 0 aliphatic heterocycles. The highest BCUT2D eigenvalue weighted by atomic mass is 79.9. The van der Waals surface area contributed by atoms with Crippen molar-refractivity contribution in [2.75, 3.05) is 0 Å². The van der Waals surface area contributed by atoms with Crippen LogP contribution in [0.5, 0.6) is 0 Å². The smallest absolute Gasteiger partial charge is 0.252 e. The van der Waals surface area contributed by atoms with Gasteiger partial charge in [0.15, 0.2) is 0 Å². The fourth-order valence-corrected chi connectivity index (χ4v) is 3.08. The second kappa shape index (κ2) is 7.09. The average Bonchev–Trinajstić information content (AvgIpc) is 3.19. The molecular weight excluding hydrogens is 394 g/mol. The van der Waals surface area contributed by atoms with Gasteiger partial charge in [0, 0.05) is 27.8 Å². The molecule has 5 nitrogen and oxygen atoms in total. The van der Waals surface area contributed by atoms with E-state index in [1.165, 1.54) is 0 Å². The van der Waals surface area contributed by atoms with Gasteiger partial charge in [-0.25, -0.2) is 4.98 Å². The first kappa shape index (κ1) is 16.5. The molecule has 1 amide bonds. The van der Waals surface area contributed by atoms with Gasteiger partial charge in [0.25, 0.3) is 5.91 Å². The van der Waals surface area contributed by atoms with Crippen LogP contribution in [0.25, 0.3) is 22.2 Å². The Morgan fingerprint density at radius 2 is 2.08 bits per heavy atom. The number of nitrogens with one attached hydrogen (secondary N) is 1. The van der Waals surface area contributed by atoms with E-state index in [1.54, 1.807) is 30.8 Å². The Kier molecular flexibility index (Phi) is 4.50. The van der Waals surface area contributed by atoms with E-state index < -0.39 is 0 Å². The molecule has 0 fully saturated rings. The van der Waals surface area contributed by atoms with Gasteiger partial charge in [0.1, 0.15) is 5.76 Å². The quantitative estimate of drug-likeness (QED) is 0.537. The second-order valence-corrected chi connectivity index (χ2v) is 6.64. The summed E-state index contributed by atoms with van der Waals surface area (Å²) in [5, 5.41) is 3.68. The summed E-state index contributed by atoms with van der Waals surface area (Å²) >= 11 is 3.47. The lowest BCUT2D eigenvalue weighted by Crippen LogP contribution is -2.23. The zero-order valence-corrected chi connectivity index (χ0v) is 15.2. The summed E-state index contributed by atoms with van der Waals surface area (Å²) in [6.45, 7) is 0.325. The molecule has 6 heteroatoms. The molecule has 1 N–H and O–H groups in total. The molecule has 0 aliphatic carbocycles. The van der Waals surface area contributed by atoms with Crippen molar-refractivity contribution in [3.63, 3.8) is 0 Å². The number of hydrogen-bond acceptors (Lipinski definition) is 4. The zero-order chi connectivity index (χ0) is 17.9. The van der Waals surface area contributed by atoms with Crippen LogP contribution in [0.3, 0.4) is 0 Å². The first-order valence-electron chi connectivity index (χ1n) is 8.02. The van der Waals surface area contributed by atoms with E-state index in [2.05, 4.69) is 31.2 Å². The van der Waals surface area contributed by atoms with Crippen LogP contribution in [-0.2, 0) is 6.54 Å². The fraction of sp³-hybridized carbons (Fsp3) is 0.0500. The number of pyridine rings is 2. The van der Waals surface area contributed by atoms with Crippen LogP contribution in [0.2, 0.25) is 0 Å². The molecule has 0 bridgehead atoms. The Bertz CT molecular complexity index is 1060. The van der Waals surface area contributed by atoms with E-state index in [9.17, 15) is 4.79 Å². The summed E-state index contributed by atoms with van der Waals surface area (Å²) in [6.07, 6.45) is 5.02. The van der Waals surface area contributed by atoms with Crippen molar-refractivity contribution < 1.29 is 9.21 Å². The monoisotopic (exact) mass is 407 g/mol. The van der Waals surface area contributed by atoms with Crippen LogP contribution < -0.4 is 5.32 Å². The van der Waals surface area contributed by atoms with Crippen molar-refractivity contribution in [3.8, 4) is 11.3 Å². The Labute approximate surface area is 158 Å². The number of hydrogen-bond donors (Lipinski definition) is 1. The van der Waals surface area contributed by atoms with E-state index in [1.807, 2.05) is 36.4 Å². The van der Waals surface area contributed by atoms with Crippen LogP contribution in [0.15, 0.2) is 76.1 Å². The van der Waals surface area contributed by atoms with Crippen LogP contribution in [0.1, 0.15) is 16.1 Å². The van der Waals surface area contributed by atoms with Gasteiger partial charge in [-0.05, 0) is 48.5 Å². The molecule has 0 atom stereocenters. The number of halogens is 1. The summed E-state index contributed by atoms with van der Waals surface area (Å²) in [7, 11) is 0. The van der Waals surface area contributed by atoms with E-state index in [-0.39, 0.29) is 5.91 Å². The second-order valence-electron chi connectivity index (χ2n) is 5.72. The number of fused-ring (bicyclic) bond motifs is 1. The van der Waals surface area contributed by atoms with E-state index in [4.69, 9.17) is 4.42 Å². The number of carbonyl (C=O) groups excluding carboxylic acids is 1. The third-order valence-electron chi connectivity index (χ3n) is 3.98. The fourth-order valence-electron chi connectivity index (χ4n) is 2.72. The van der Waals surface area contributed by atoms with Crippen LogP contribution in [-0.4, -0.2) is 15.9 Å². The third-order valence-corrected chi connectivity index (χ3v) is 4.47. The summed E-state index contributed by atoms with van der Waals surface area (Å²) in [5.74, 6) is 0.516. The summed E-state index contributed by atoms with van der Waals surface area (Å²) in [5.41, 5.74) is 2.87. The first-order valence-corrected chi connectivity index (χ1v) is 8.81. The minimum Gasteiger partial charge on any atom is -0.467 e. The summed E-state index contributed by atoms with van der Waals surface area (Å²) in [6, 6.07) is 14.9. The molecule has 0 saturated heterocycles. The standard InChI is InChI=1S/C20H14BrN3O2/c21-14-5-6-18-16(9-14)17(20(25)23-12-15-4-2-8-26-15)10-19(24-18)13-3-1-7-22-11-13/h1-11H,12H2,(H,23,25). The largest absolute Gasteiger partial charge is 0.467 e. The molecule has 128 valence electrons. The number of amides is 1. The van der Waals surface area contributed by atoms with Gasteiger partial charge in [0.05, 0.1) is 29.6 Å². The first-order chi connectivity index (χ1) is 12.7. The normalized spacial score (nSPS) is 10.8. The van der Waals surface area contributed by atoms with Crippen molar-refractivity contribution in [3.05, 3.63) is 83.0 Å². The van der Waals surface area contributed by atoms with Gasteiger partial charge in [0.2, 0.25) is 0 Å². The maximum Gasteiger partial charge on any atom is 0.252 e. The number of nitrogens with zero attached hydrogens (tertiary/aromatic N) is 2. The van der Waals surface area contributed by atoms with Crippen LogP contribution >= 0.6 is 15.9 Å². The third kappa shape index (κ3) is 3.36. The molecule has 0 spiro atoms. The highest BCUT2D eigenvalue weighted by Gasteiger charge is 2.15. The highest BCUT2D eigenvalue weighted by molar-refractivity contribution is 9.10. The Balaban J connectivity index is 1.77. The molecule has 3 aromatic heterocycles. The van der Waals surface area contributed by atoms with Gasteiger partial charge < -0.3 is 9.73 Å². The van der Waals surface area contributed by atoms with Crippen LogP contribution in [0, 0.1) is 0 Å². The van der Waals surface area contributed by atoms with Crippen molar-refractivity contribution in [1.82, 2.24) is 15.3 Å². The molecule has 0 unspecified atom stereocenters. The molecule has 4 rings (SSSR count). The molecule has 3 heterocycles. The molecule has 4 aromatic rings. The number of furan rings is 1. The molecule has 0 radical (unpaired) electrons. The average molecular weight is 408 g/mol. The molecule has 0 saturated carbocycles. The van der Waals surface area contributed by atoms with Crippen molar-refractivity contribution in [2.24, 2.45) is 0 Å². The predicted octanol–water partition coefficient (Wildman–Crippen LogP) is 4.58. The van der Waals surface area contributed by atoms with Crippen molar-refractivity contribution in [2.45, 2.75) is 6.54 Å². The molecular formula is C20H14BrN3O2. The number of carbonyl (C=O) groups is 1. The van der Waals surface area contributed by atoms with Gasteiger partial charge in [-0.3, -0.25) is 9.78 Å². The number of benzene rings is 1. The van der Waals surface area contributed by atoms with Crippen LogP contribution in [0.4, 0.5) is 0 Å². The lowest BCUT2D eigenvalue weighted by molar-refractivity contribution is 0.0949. The van der Waals surface area contributed by atoms with Gasteiger partial charge in [-0.15, -0.1) is 0 Å². The Hall–Kier alpha value is -2.99. The van der Waals surface area contributed by atoms with Gasteiger partial charge in [-0.1, -0.05) is 15.9 Å². The predicted molar refractivity (Wildman–Crippen MR) is 103 cm³/mol. The summed E-state index contributed by atoms with van der Waals surface area (Å²) in [4.78, 5) is 21.7. The van der Waals surface area contributed by atoms with E-state index in [0.717, 1.165) is 20.9 Å². The van der Waals surface area contributed by atoms with Gasteiger partial charge >= 0.3 is 0 Å². The van der Waals surface area contributed by atoms with Crippen molar-refractivity contribution in [1.29, 1.82) is 0 Å². The minimum atomic E-state index is -0.183. The highest BCUT2D eigenvalue weighted by Crippen LogP contribution is 2.27. The van der Waals surface area contributed by atoms with Gasteiger partial charge in [-0.2, -0.15) is 0 Å². The summed E-state index contributed by atoms with van der Waals surface area (Å²) < 4.78 is 6.17. The maximum atomic E-state index is 12.8. The van der Waals surface area contributed by atoms with E-state index in [0.29, 0.717) is 23.6 Å². The molecule has 1 aromatic carbocycles. The van der Waals surface area contributed by atoms with Crippen molar-refractivity contribution >= 4 is 32.7 Å². The minimum absolute atomic E-state index is 0.183. The Morgan fingerprint density at radius 1 is 1.15 bits per heavy atom. The lowest BCUT2D eigenvalue weighted by Gasteiger charge is -2.10. The topological polar surface area (TPSA) is 68.0 Å². The lowest BCUT2D eigenvalue weighted by atomic mass is 10.0.